The fourth-order valence-electron chi connectivity index (χ4n) is 2.50. The van der Waals surface area contributed by atoms with E-state index < -0.39 is 23.5 Å². The van der Waals surface area contributed by atoms with Crippen LogP contribution in [0.1, 0.15) is 43.9 Å². The van der Waals surface area contributed by atoms with Gasteiger partial charge in [0.1, 0.15) is 11.4 Å². The van der Waals surface area contributed by atoms with Crippen molar-refractivity contribution in [2.75, 3.05) is 7.11 Å². The zero-order chi connectivity index (χ0) is 17.8. The van der Waals surface area contributed by atoms with E-state index >= 15 is 0 Å². The van der Waals surface area contributed by atoms with Crippen molar-refractivity contribution in [3.05, 3.63) is 34.6 Å². The first-order valence-electron chi connectivity index (χ1n) is 7.58. The van der Waals surface area contributed by atoms with Crippen LogP contribution in [0.25, 0.3) is 0 Å². The Morgan fingerprint density at radius 2 is 1.70 bits per heavy atom. The maximum Gasteiger partial charge on any atom is 0.309 e. The average molecular weight is 324 g/mol. The molecule has 0 aliphatic rings. The van der Waals surface area contributed by atoms with Crippen LogP contribution in [-0.4, -0.2) is 24.6 Å². The number of hydrogen-bond acceptors (Lipinski definition) is 4. The fraction of sp³-hybridized carbons (Fsp3) is 0.556. The number of carbonyl (C=O) groups is 2. The highest BCUT2D eigenvalue weighted by atomic mass is 19.1. The van der Waals surface area contributed by atoms with Crippen LogP contribution < -0.4 is 0 Å². The molecule has 0 amide bonds. The molecule has 0 radical (unpaired) electrons. The van der Waals surface area contributed by atoms with Crippen molar-refractivity contribution >= 4 is 11.9 Å². The number of carbonyl (C=O) groups excluding carboxylic acids is 2. The normalized spacial score (nSPS) is 12.7. The molecule has 1 atom stereocenters. The van der Waals surface area contributed by atoms with Crippen molar-refractivity contribution in [1.29, 1.82) is 0 Å². The zero-order valence-corrected chi connectivity index (χ0v) is 14.7. The molecule has 128 valence electrons. The van der Waals surface area contributed by atoms with E-state index in [9.17, 15) is 14.0 Å². The standard InChI is InChI=1S/C18H25FO4/c1-11-7-14(19)8-12(2)15(11)9-13(17(21)22-6)10-16(20)23-18(3,4)5/h7-8,13H,9-10H2,1-6H3/t13-/m1/s1. The van der Waals surface area contributed by atoms with Gasteiger partial charge < -0.3 is 9.47 Å². The Kier molecular flexibility index (Phi) is 6.30. The zero-order valence-electron chi connectivity index (χ0n) is 14.7. The van der Waals surface area contributed by atoms with Crippen LogP contribution in [0.15, 0.2) is 12.1 Å². The Labute approximate surface area is 137 Å². The monoisotopic (exact) mass is 324 g/mol. The Hall–Kier alpha value is -1.91. The molecular weight excluding hydrogens is 299 g/mol. The predicted octanol–water partition coefficient (Wildman–Crippen LogP) is 3.51. The average Bonchev–Trinajstić information content (AvgIpc) is 2.38. The lowest BCUT2D eigenvalue weighted by molar-refractivity contribution is -0.160. The maximum atomic E-state index is 13.4. The van der Waals surface area contributed by atoms with Crippen molar-refractivity contribution in [1.82, 2.24) is 0 Å². The van der Waals surface area contributed by atoms with E-state index in [1.165, 1.54) is 19.2 Å². The van der Waals surface area contributed by atoms with Gasteiger partial charge in [0.2, 0.25) is 0 Å². The Morgan fingerprint density at radius 1 is 1.17 bits per heavy atom. The Bertz CT molecular complexity index is 564. The molecule has 0 N–H and O–H groups in total. The number of aryl methyl sites for hydroxylation is 2. The SMILES string of the molecule is COC(=O)[C@@H](CC(=O)OC(C)(C)C)Cc1c(C)cc(F)cc1C. The van der Waals surface area contributed by atoms with Gasteiger partial charge in [-0.2, -0.15) is 0 Å². The second-order valence-corrected chi connectivity index (χ2v) is 6.73. The van der Waals surface area contributed by atoms with Gasteiger partial charge in [-0.25, -0.2) is 4.39 Å². The number of methoxy groups -OCH3 is 1. The van der Waals surface area contributed by atoms with Crippen molar-refractivity contribution in [2.45, 2.75) is 53.1 Å². The van der Waals surface area contributed by atoms with Gasteiger partial charge >= 0.3 is 11.9 Å². The lowest BCUT2D eigenvalue weighted by Gasteiger charge is -2.22. The molecular formula is C18H25FO4. The molecule has 0 bridgehead atoms. The summed E-state index contributed by atoms with van der Waals surface area (Å²) in [7, 11) is 1.29. The largest absolute Gasteiger partial charge is 0.469 e. The molecule has 23 heavy (non-hydrogen) atoms. The molecule has 1 rings (SSSR count). The second-order valence-electron chi connectivity index (χ2n) is 6.73. The van der Waals surface area contributed by atoms with E-state index in [2.05, 4.69) is 0 Å². The van der Waals surface area contributed by atoms with Gasteiger partial charge in [0.05, 0.1) is 19.4 Å². The van der Waals surface area contributed by atoms with Gasteiger partial charge in [0.15, 0.2) is 0 Å². The van der Waals surface area contributed by atoms with Crippen molar-refractivity contribution in [3.63, 3.8) is 0 Å². The quantitative estimate of drug-likeness (QED) is 0.778. The Balaban J connectivity index is 2.97. The van der Waals surface area contributed by atoms with Gasteiger partial charge in [-0.3, -0.25) is 9.59 Å². The van der Waals surface area contributed by atoms with Crippen molar-refractivity contribution < 1.29 is 23.5 Å². The minimum absolute atomic E-state index is 0.0692. The molecule has 5 heteroatoms. The molecule has 0 aromatic heterocycles. The highest BCUT2D eigenvalue weighted by Crippen LogP contribution is 2.23. The third-order valence-electron chi connectivity index (χ3n) is 3.48. The number of esters is 2. The molecule has 1 aromatic carbocycles. The molecule has 0 aliphatic carbocycles. The summed E-state index contributed by atoms with van der Waals surface area (Å²) in [5.74, 6) is -1.90. The Morgan fingerprint density at radius 3 is 2.13 bits per heavy atom. The van der Waals surface area contributed by atoms with E-state index in [0.717, 1.165) is 16.7 Å². The summed E-state index contributed by atoms with van der Waals surface area (Å²) in [5.41, 5.74) is 1.74. The number of hydrogen-bond donors (Lipinski definition) is 0. The number of halogens is 1. The first-order valence-corrected chi connectivity index (χ1v) is 7.58. The summed E-state index contributed by atoms with van der Waals surface area (Å²) in [5, 5.41) is 0. The molecule has 0 spiro atoms. The van der Waals surface area contributed by atoms with E-state index in [-0.39, 0.29) is 12.2 Å². The minimum atomic E-state index is -0.655. The van der Waals surface area contributed by atoms with Crippen LogP contribution >= 0.6 is 0 Å². The summed E-state index contributed by atoms with van der Waals surface area (Å²) in [6, 6.07) is 2.84. The van der Waals surface area contributed by atoms with Gasteiger partial charge in [0.25, 0.3) is 0 Å². The van der Waals surface area contributed by atoms with Crippen LogP contribution in [0, 0.1) is 25.6 Å². The lowest BCUT2D eigenvalue weighted by atomic mass is 9.90. The molecule has 0 saturated carbocycles. The first kappa shape index (κ1) is 19.1. The number of rotatable bonds is 5. The summed E-state index contributed by atoms with van der Waals surface area (Å²) < 4.78 is 23.5. The maximum absolute atomic E-state index is 13.4. The van der Waals surface area contributed by atoms with Crippen LogP contribution in [0.3, 0.4) is 0 Å². The highest BCUT2D eigenvalue weighted by Gasteiger charge is 2.27. The van der Waals surface area contributed by atoms with Crippen LogP contribution in [-0.2, 0) is 25.5 Å². The van der Waals surface area contributed by atoms with Crippen LogP contribution in [0.2, 0.25) is 0 Å². The van der Waals surface area contributed by atoms with E-state index in [4.69, 9.17) is 9.47 Å². The molecule has 0 saturated heterocycles. The van der Waals surface area contributed by atoms with Crippen LogP contribution in [0.4, 0.5) is 4.39 Å². The highest BCUT2D eigenvalue weighted by molar-refractivity contribution is 5.80. The molecule has 0 heterocycles. The van der Waals surface area contributed by atoms with E-state index in [1.54, 1.807) is 34.6 Å². The molecule has 0 fully saturated rings. The minimum Gasteiger partial charge on any atom is -0.469 e. The van der Waals surface area contributed by atoms with Gasteiger partial charge in [-0.1, -0.05) is 0 Å². The topological polar surface area (TPSA) is 52.6 Å². The molecule has 4 nitrogen and oxygen atoms in total. The van der Waals surface area contributed by atoms with E-state index in [0.29, 0.717) is 6.42 Å². The lowest BCUT2D eigenvalue weighted by Crippen LogP contribution is -2.29. The third kappa shape index (κ3) is 6.00. The molecule has 0 aliphatic heterocycles. The predicted molar refractivity (Wildman–Crippen MR) is 85.5 cm³/mol. The summed E-state index contributed by atoms with van der Waals surface area (Å²) in [6.07, 6.45) is 0.240. The number of benzene rings is 1. The van der Waals surface area contributed by atoms with Crippen molar-refractivity contribution in [2.24, 2.45) is 5.92 Å². The summed E-state index contributed by atoms with van der Waals surface area (Å²) >= 11 is 0. The van der Waals surface area contributed by atoms with Gasteiger partial charge in [0, 0.05) is 0 Å². The first-order chi connectivity index (χ1) is 10.5. The van der Waals surface area contributed by atoms with Gasteiger partial charge in [-0.15, -0.1) is 0 Å². The van der Waals surface area contributed by atoms with Crippen LogP contribution in [0.5, 0.6) is 0 Å². The number of ether oxygens (including phenoxy) is 2. The van der Waals surface area contributed by atoms with E-state index in [1.807, 2.05) is 0 Å². The molecule has 1 aromatic rings. The molecule has 0 unspecified atom stereocenters. The van der Waals surface area contributed by atoms with Crippen molar-refractivity contribution in [3.8, 4) is 0 Å². The fourth-order valence-corrected chi connectivity index (χ4v) is 2.50. The second kappa shape index (κ2) is 7.57. The van der Waals surface area contributed by atoms with Gasteiger partial charge in [-0.05, 0) is 69.9 Å². The summed E-state index contributed by atoms with van der Waals surface area (Å²) in [4.78, 5) is 24.0. The summed E-state index contributed by atoms with van der Waals surface area (Å²) in [6.45, 7) is 8.88. The smallest absolute Gasteiger partial charge is 0.309 e. The third-order valence-corrected chi connectivity index (χ3v) is 3.48.